The van der Waals surface area contributed by atoms with E-state index < -0.39 is 0 Å². The Kier molecular flexibility index (Phi) is 6.58. The summed E-state index contributed by atoms with van der Waals surface area (Å²) in [6.45, 7) is 6.88. The van der Waals surface area contributed by atoms with Crippen LogP contribution in [0.15, 0.2) is 28.6 Å². The van der Waals surface area contributed by atoms with Crippen molar-refractivity contribution in [2.24, 2.45) is 5.92 Å². The first-order valence-electron chi connectivity index (χ1n) is 7.53. The highest BCUT2D eigenvalue weighted by molar-refractivity contribution is 8.02. The van der Waals surface area contributed by atoms with Crippen LogP contribution in [0, 0.1) is 17.2 Å². The number of anilines is 2. The van der Waals surface area contributed by atoms with Crippen molar-refractivity contribution in [1.29, 1.82) is 5.26 Å². The lowest BCUT2D eigenvalue weighted by molar-refractivity contribution is -0.115. The Morgan fingerprint density at radius 2 is 2.08 bits per heavy atom. The molecule has 0 saturated heterocycles. The number of aromatic nitrogens is 2. The molecule has 0 spiro atoms. The average Bonchev–Trinajstić information content (AvgIpc) is 3.00. The summed E-state index contributed by atoms with van der Waals surface area (Å²) in [5.74, 6) is 0.351. The Bertz CT molecular complexity index is 738. The lowest BCUT2D eigenvalue weighted by Gasteiger charge is -2.11. The second kappa shape index (κ2) is 8.66. The van der Waals surface area contributed by atoms with Crippen molar-refractivity contribution in [2.45, 2.75) is 30.4 Å². The zero-order valence-corrected chi connectivity index (χ0v) is 15.4. The Morgan fingerprint density at radius 3 is 2.79 bits per heavy atom. The summed E-state index contributed by atoms with van der Waals surface area (Å²) < 4.78 is 0.734. The second-order valence-corrected chi connectivity index (χ2v) is 8.12. The van der Waals surface area contributed by atoms with E-state index in [0.717, 1.165) is 16.0 Å². The van der Waals surface area contributed by atoms with E-state index in [-0.39, 0.29) is 11.2 Å². The topological polar surface area (TPSA) is 90.7 Å². The number of nitrogens with zero attached hydrogens (tertiary/aromatic N) is 3. The third-order valence-corrected chi connectivity index (χ3v) is 5.09. The number of hydrogen-bond acceptors (Lipinski definition) is 7. The molecule has 1 atom stereocenters. The van der Waals surface area contributed by atoms with Crippen molar-refractivity contribution in [1.82, 2.24) is 10.2 Å². The van der Waals surface area contributed by atoms with E-state index in [4.69, 9.17) is 5.26 Å². The summed E-state index contributed by atoms with van der Waals surface area (Å²) in [7, 11) is 0. The van der Waals surface area contributed by atoms with Crippen LogP contribution < -0.4 is 10.6 Å². The molecular weight excluding hydrogens is 342 g/mol. The summed E-state index contributed by atoms with van der Waals surface area (Å²) in [5.41, 5.74) is 0.966. The molecule has 0 saturated carbocycles. The van der Waals surface area contributed by atoms with Crippen molar-refractivity contribution in [3.63, 3.8) is 0 Å². The van der Waals surface area contributed by atoms with E-state index in [2.05, 4.69) is 40.7 Å². The van der Waals surface area contributed by atoms with Crippen LogP contribution >= 0.6 is 23.1 Å². The van der Waals surface area contributed by atoms with Crippen LogP contribution in [0.3, 0.4) is 0 Å². The second-order valence-electron chi connectivity index (χ2n) is 5.55. The van der Waals surface area contributed by atoms with Gasteiger partial charge >= 0.3 is 0 Å². The maximum absolute atomic E-state index is 12.3. The molecular formula is C16H19N5OS2. The number of rotatable bonds is 7. The summed E-state index contributed by atoms with van der Waals surface area (Å²) in [5, 5.41) is 23.7. The Labute approximate surface area is 149 Å². The van der Waals surface area contributed by atoms with Gasteiger partial charge in [0.1, 0.15) is 6.07 Å². The third-order valence-electron chi connectivity index (χ3n) is 3.02. The highest BCUT2D eigenvalue weighted by Gasteiger charge is 2.18. The van der Waals surface area contributed by atoms with Crippen molar-refractivity contribution >= 4 is 39.8 Å². The molecule has 0 aliphatic rings. The van der Waals surface area contributed by atoms with Gasteiger partial charge in [0.25, 0.3) is 0 Å². The highest BCUT2D eigenvalue weighted by Crippen LogP contribution is 2.29. The minimum atomic E-state index is -0.345. The van der Waals surface area contributed by atoms with Gasteiger partial charge in [0.15, 0.2) is 4.34 Å². The molecule has 0 aliphatic carbocycles. The monoisotopic (exact) mass is 361 g/mol. The fourth-order valence-corrected chi connectivity index (χ4v) is 3.65. The van der Waals surface area contributed by atoms with Crippen LogP contribution in [0.25, 0.3) is 0 Å². The van der Waals surface area contributed by atoms with Crippen LogP contribution in [-0.2, 0) is 4.79 Å². The van der Waals surface area contributed by atoms with Crippen molar-refractivity contribution in [2.75, 3.05) is 17.2 Å². The predicted molar refractivity (Wildman–Crippen MR) is 98.3 cm³/mol. The number of nitrogens with one attached hydrogen (secondary N) is 2. The molecule has 2 N–H and O–H groups in total. The van der Waals surface area contributed by atoms with Crippen LogP contribution in [0.4, 0.5) is 10.8 Å². The number of thioether (sulfide) groups is 1. The van der Waals surface area contributed by atoms with Crippen molar-refractivity contribution < 1.29 is 4.79 Å². The first-order valence-corrected chi connectivity index (χ1v) is 9.23. The van der Waals surface area contributed by atoms with E-state index in [1.165, 1.54) is 23.1 Å². The van der Waals surface area contributed by atoms with E-state index in [1.807, 2.05) is 0 Å². The number of amides is 1. The quantitative estimate of drug-likeness (QED) is 0.732. The molecule has 24 heavy (non-hydrogen) atoms. The van der Waals surface area contributed by atoms with Crippen LogP contribution in [0.5, 0.6) is 0 Å². The van der Waals surface area contributed by atoms with Gasteiger partial charge < -0.3 is 10.6 Å². The number of nitriles is 1. The minimum absolute atomic E-state index is 0.172. The van der Waals surface area contributed by atoms with Crippen molar-refractivity contribution in [3.8, 4) is 6.07 Å². The fraction of sp³-hybridized carbons (Fsp3) is 0.375. The molecule has 1 amide bonds. The number of benzene rings is 1. The number of carbonyl (C=O) groups is 1. The van der Waals surface area contributed by atoms with Gasteiger partial charge in [0.2, 0.25) is 11.0 Å². The van der Waals surface area contributed by atoms with Gasteiger partial charge in [-0.2, -0.15) is 5.26 Å². The highest BCUT2D eigenvalue weighted by atomic mass is 32.2. The minimum Gasteiger partial charge on any atom is -0.360 e. The van der Waals surface area contributed by atoms with E-state index in [9.17, 15) is 4.79 Å². The van der Waals surface area contributed by atoms with Crippen LogP contribution in [0.2, 0.25) is 0 Å². The average molecular weight is 361 g/mol. The Balaban J connectivity index is 1.93. The zero-order chi connectivity index (χ0) is 17.5. The van der Waals surface area contributed by atoms with E-state index in [1.54, 1.807) is 31.2 Å². The van der Waals surface area contributed by atoms with Gasteiger partial charge in [0.05, 0.1) is 16.5 Å². The van der Waals surface area contributed by atoms with Gasteiger partial charge in [-0.1, -0.05) is 49.1 Å². The summed E-state index contributed by atoms with van der Waals surface area (Å²) in [6, 6.07) is 9.00. The first-order chi connectivity index (χ1) is 11.5. The summed E-state index contributed by atoms with van der Waals surface area (Å²) >= 11 is 2.78. The molecule has 1 aromatic carbocycles. The van der Waals surface area contributed by atoms with Gasteiger partial charge in [-0.25, -0.2) is 0 Å². The molecule has 6 nitrogen and oxygen atoms in total. The molecule has 0 bridgehead atoms. The third kappa shape index (κ3) is 5.22. The van der Waals surface area contributed by atoms with Crippen LogP contribution in [0.1, 0.15) is 26.3 Å². The molecule has 0 fully saturated rings. The van der Waals surface area contributed by atoms with Gasteiger partial charge in [-0.05, 0) is 25.0 Å². The van der Waals surface area contributed by atoms with E-state index in [0.29, 0.717) is 17.2 Å². The maximum Gasteiger partial charge on any atom is 0.237 e. The molecule has 1 heterocycles. The molecule has 0 radical (unpaired) electrons. The molecule has 0 unspecified atom stereocenters. The molecule has 126 valence electrons. The van der Waals surface area contributed by atoms with Crippen molar-refractivity contribution in [3.05, 3.63) is 29.8 Å². The SMILES string of the molecule is CC(C)CNc1nnc(S[C@@H](C)C(=O)Nc2ccccc2C#N)s1. The largest absolute Gasteiger partial charge is 0.360 e. The zero-order valence-electron chi connectivity index (χ0n) is 13.7. The smallest absolute Gasteiger partial charge is 0.237 e. The Morgan fingerprint density at radius 1 is 1.33 bits per heavy atom. The van der Waals surface area contributed by atoms with E-state index >= 15 is 0 Å². The number of para-hydroxylation sites is 1. The normalized spacial score (nSPS) is 11.8. The number of carbonyl (C=O) groups excluding carboxylic acids is 1. The maximum atomic E-state index is 12.3. The molecule has 2 rings (SSSR count). The first kappa shape index (κ1) is 18.2. The standard InChI is InChI=1S/C16H19N5OS2/c1-10(2)9-18-15-20-21-16(24-15)23-11(3)14(22)19-13-7-5-4-6-12(13)8-17/h4-7,10-11H,9H2,1-3H3,(H,18,20)(H,19,22)/t11-/m0/s1. The lowest BCUT2D eigenvalue weighted by Crippen LogP contribution is -2.22. The predicted octanol–water partition coefficient (Wildman–Crippen LogP) is 3.60. The Hall–Kier alpha value is -2.11. The molecule has 1 aromatic heterocycles. The molecule has 0 aliphatic heterocycles. The molecule has 8 heteroatoms. The van der Waals surface area contributed by atoms with Gasteiger partial charge in [-0.3, -0.25) is 4.79 Å². The number of hydrogen-bond donors (Lipinski definition) is 2. The molecule has 2 aromatic rings. The fourth-order valence-electron chi connectivity index (χ4n) is 1.75. The summed E-state index contributed by atoms with van der Waals surface area (Å²) in [4.78, 5) is 12.3. The van der Waals surface area contributed by atoms with Gasteiger partial charge in [-0.15, -0.1) is 10.2 Å². The lowest BCUT2D eigenvalue weighted by atomic mass is 10.2. The van der Waals surface area contributed by atoms with Crippen LogP contribution in [-0.4, -0.2) is 27.9 Å². The summed E-state index contributed by atoms with van der Waals surface area (Å²) in [6.07, 6.45) is 0. The van der Waals surface area contributed by atoms with Gasteiger partial charge in [0, 0.05) is 6.54 Å².